The third kappa shape index (κ3) is 2.62. The number of para-hydroxylation sites is 1. The molecule has 0 radical (unpaired) electrons. The van der Waals surface area contributed by atoms with Crippen molar-refractivity contribution in [1.82, 2.24) is 4.98 Å². The van der Waals surface area contributed by atoms with Gasteiger partial charge in [-0.15, -0.1) is 11.3 Å². The lowest BCUT2D eigenvalue weighted by Crippen LogP contribution is -2.14. The van der Waals surface area contributed by atoms with E-state index in [9.17, 15) is 4.79 Å². The first-order chi connectivity index (χ1) is 8.20. The molecule has 17 heavy (non-hydrogen) atoms. The SMILES string of the molecule is CCOC(=O)/C(N)=C/c1nc2ccccc2s1. The van der Waals surface area contributed by atoms with Crippen molar-refractivity contribution in [1.29, 1.82) is 0 Å². The van der Waals surface area contributed by atoms with Crippen LogP contribution in [-0.4, -0.2) is 17.6 Å². The molecule has 5 heteroatoms. The van der Waals surface area contributed by atoms with Crippen LogP contribution in [0.5, 0.6) is 0 Å². The number of esters is 1. The number of carbonyl (C=O) groups is 1. The maximum absolute atomic E-state index is 11.3. The standard InChI is InChI=1S/C12H12N2O2S/c1-2-16-12(15)8(13)7-11-14-9-5-3-4-6-10(9)17-11/h3-7H,2,13H2,1H3/b8-7-. The lowest BCUT2D eigenvalue weighted by molar-refractivity contribution is -0.138. The van der Waals surface area contributed by atoms with Crippen LogP contribution in [0, 0.1) is 0 Å². The Bertz CT molecular complexity index is 542. The lowest BCUT2D eigenvalue weighted by Gasteiger charge is -1.99. The van der Waals surface area contributed by atoms with Gasteiger partial charge in [0.2, 0.25) is 0 Å². The van der Waals surface area contributed by atoms with Crippen LogP contribution in [0.15, 0.2) is 30.0 Å². The first kappa shape index (κ1) is 11.6. The summed E-state index contributed by atoms with van der Waals surface area (Å²) in [5.41, 5.74) is 6.59. The fraction of sp³-hybridized carbons (Fsp3) is 0.167. The highest BCUT2D eigenvalue weighted by molar-refractivity contribution is 7.19. The van der Waals surface area contributed by atoms with Crippen molar-refractivity contribution in [2.75, 3.05) is 6.61 Å². The normalized spacial score (nSPS) is 11.7. The first-order valence-corrected chi connectivity index (χ1v) is 6.02. The van der Waals surface area contributed by atoms with Crippen LogP contribution in [0.4, 0.5) is 0 Å². The van der Waals surface area contributed by atoms with Gasteiger partial charge >= 0.3 is 5.97 Å². The fourth-order valence-corrected chi connectivity index (χ4v) is 2.28. The Morgan fingerprint density at radius 2 is 2.29 bits per heavy atom. The number of ether oxygens (including phenoxy) is 1. The largest absolute Gasteiger partial charge is 0.461 e. The molecule has 0 bridgehead atoms. The van der Waals surface area contributed by atoms with Gasteiger partial charge in [0.25, 0.3) is 0 Å². The van der Waals surface area contributed by atoms with E-state index in [2.05, 4.69) is 4.98 Å². The number of aromatic nitrogens is 1. The molecule has 1 aromatic carbocycles. The Kier molecular flexibility index (Phi) is 3.39. The summed E-state index contributed by atoms with van der Waals surface area (Å²) < 4.78 is 5.86. The van der Waals surface area contributed by atoms with Crippen LogP contribution >= 0.6 is 11.3 Å². The van der Waals surface area contributed by atoms with Crippen molar-refractivity contribution in [3.05, 3.63) is 35.0 Å². The van der Waals surface area contributed by atoms with E-state index >= 15 is 0 Å². The summed E-state index contributed by atoms with van der Waals surface area (Å²) in [6.07, 6.45) is 1.54. The van der Waals surface area contributed by atoms with E-state index in [0.29, 0.717) is 11.6 Å². The molecule has 0 amide bonds. The number of hydrogen-bond donors (Lipinski definition) is 1. The monoisotopic (exact) mass is 248 g/mol. The van der Waals surface area contributed by atoms with Crippen molar-refractivity contribution in [2.45, 2.75) is 6.92 Å². The summed E-state index contributed by atoms with van der Waals surface area (Å²) in [6, 6.07) is 7.77. The van der Waals surface area contributed by atoms with Crippen LogP contribution in [0.3, 0.4) is 0 Å². The van der Waals surface area contributed by atoms with Crippen LogP contribution in [0.2, 0.25) is 0 Å². The number of fused-ring (bicyclic) bond motifs is 1. The number of benzene rings is 1. The molecular formula is C12H12N2O2S. The molecular weight excluding hydrogens is 236 g/mol. The van der Waals surface area contributed by atoms with Gasteiger partial charge < -0.3 is 10.5 Å². The summed E-state index contributed by atoms with van der Waals surface area (Å²) in [4.78, 5) is 15.7. The minimum Gasteiger partial charge on any atom is -0.461 e. The van der Waals surface area contributed by atoms with Gasteiger partial charge in [-0.05, 0) is 19.1 Å². The van der Waals surface area contributed by atoms with Gasteiger partial charge in [-0.2, -0.15) is 0 Å². The second kappa shape index (κ2) is 4.97. The Morgan fingerprint density at radius 1 is 1.53 bits per heavy atom. The molecule has 0 saturated heterocycles. The Balaban J connectivity index is 2.28. The second-order valence-electron chi connectivity index (χ2n) is 3.34. The highest BCUT2D eigenvalue weighted by atomic mass is 32.1. The molecule has 0 fully saturated rings. The number of carbonyl (C=O) groups excluding carboxylic acids is 1. The van der Waals surface area contributed by atoms with E-state index in [4.69, 9.17) is 10.5 Å². The molecule has 0 spiro atoms. The maximum atomic E-state index is 11.3. The van der Waals surface area contributed by atoms with Crippen molar-refractivity contribution < 1.29 is 9.53 Å². The summed E-state index contributed by atoms with van der Waals surface area (Å²) in [6.45, 7) is 2.05. The molecule has 0 saturated carbocycles. The van der Waals surface area contributed by atoms with Gasteiger partial charge in [0.05, 0.1) is 16.8 Å². The van der Waals surface area contributed by atoms with E-state index in [-0.39, 0.29) is 5.70 Å². The van der Waals surface area contributed by atoms with Gasteiger partial charge in [-0.3, -0.25) is 0 Å². The average Bonchev–Trinajstić information content (AvgIpc) is 2.71. The van der Waals surface area contributed by atoms with E-state index in [0.717, 1.165) is 10.2 Å². The van der Waals surface area contributed by atoms with Gasteiger partial charge in [0, 0.05) is 6.08 Å². The summed E-state index contributed by atoms with van der Waals surface area (Å²) >= 11 is 1.49. The minimum absolute atomic E-state index is 0.0749. The van der Waals surface area contributed by atoms with Crippen LogP contribution in [-0.2, 0) is 9.53 Å². The van der Waals surface area contributed by atoms with Gasteiger partial charge in [-0.1, -0.05) is 12.1 Å². The predicted octanol–water partition coefficient (Wildman–Crippen LogP) is 2.16. The van der Waals surface area contributed by atoms with Crippen LogP contribution in [0.25, 0.3) is 16.3 Å². The van der Waals surface area contributed by atoms with Gasteiger partial charge in [0.1, 0.15) is 10.7 Å². The van der Waals surface area contributed by atoms with E-state index in [1.165, 1.54) is 11.3 Å². The number of nitrogens with two attached hydrogens (primary N) is 1. The Morgan fingerprint density at radius 3 is 3.00 bits per heavy atom. The first-order valence-electron chi connectivity index (χ1n) is 5.20. The topological polar surface area (TPSA) is 65.2 Å². The summed E-state index contributed by atoms with van der Waals surface area (Å²) in [7, 11) is 0. The van der Waals surface area contributed by atoms with Crippen molar-refractivity contribution in [3.63, 3.8) is 0 Å². The van der Waals surface area contributed by atoms with Gasteiger partial charge in [-0.25, -0.2) is 9.78 Å². The molecule has 0 aliphatic rings. The molecule has 0 aliphatic carbocycles. The zero-order valence-corrected chi connectivity index (χ0v) is 10.2. The molecule has 0 aliphatic heterocycles. The van der Waals surface area contributed by atoms with Crippen LogP contribution < -0.4 is 5.73 Å². The maximum Gasteiger partial charge on any atom is 0.354 e. The van der Waals surface area contributed by atoms with E-state index < -0.39 is 5.97 Å². The van der Waals surface area contributed by atoms with Crippen molar-refractivity contribution in [3.8, 4) is 0 Å². The highest BCUT2D eigenvalue weighted by Crippen LogP contribution is 2.22. The molecule has 0 unspecified atom stereocenters. The molecule has 4 nitrogen and oxygen atoms in total. The predicted molar refractivity (Wildman–Crippen MR) is 68.4 cm³/mol. The molecule has 2 N–H and O–H groups in total. The smallest absolute Gasteiger partial charge is 0.354 e. The van der Waals surface area contributed by atoms with E-state index in [1.807, 2.05) is 24.3 Å². The Hall–Kier alpha value is -1.88. The van der Waals surface area contributed by atoms with Crippen molar-refractivity contribution >= 4 is 33.6 Å². The fourth-order valence-electron chi connectivity index (χ4n) is 1.36. The molecule has 2 aromatic rings. The third-order valence-electron chi connectivity index (χ3n) is 2.10. The number of hydrogen-bond acceptors (Lipinski definition) is 5. The number of rotatable bonds is 3. The van der Waals surface area contributed by atoms with Crippen molar-refractivity contribution in [2.24, 2.45) is 5.73 Å². The number of nitrogens with zero attached hydrogens (tertiary/aromatic N) is 1. The third-order valence-corrected chi connectivity index (χ3v) is 3.08. The Labute approximate surface area is 103 Å². The minimum atomic E-state index is -0.508. The second-order valence-corrected chi connectivity index (χ2v) is 4.40. The molecule has 1 heterocycles. The number of thiazole rings is 1. The molecule has 2 rings (SSSR count). The van der Waals surface area contributed by atoms with Gasteiger partial charge in [0.15, 0.2) is 0 Å². The van der Waals surface area contributed by atoms with Crippen LogP contribution in [0.1, 0.15) is 11.9 Å². The van der Waals surface area contributed by atoms with E-state index in [1.54, 1.807) is 13.0 Å². The summed E-state index contributed by atoms with van der Waals surface area (Å²) in [5, 5.41) is 0.705. The molecule has 0 atom stereocenters. The quantitative estimate of drug-likeness (QED) is 0.667. The molecule has 88 valence electrons. The lowest BCUT2D eigenvalue weighted by atomic mass is 10.3. The zero-order valence-electron chi connectivity index (χ0n) is 9.34. The zero-order chi connectivity index (χ0) is 12.3. The summed E-state index contributed by atoms with van der Waals surface area (Å²) in [5.74, 6) is -0.508. The average molecular weight is 248 g/mol. The highest BCUT2D eigenvalue weighted by Gasteiger charge is 2.07. The molecule has 1 aromatic heterocycles.